The van der Waals surface area contributed by atoms with E-state index in [1.807, 2.05) is 7.05 Å². The van der Waals surface area contributed by atoms with Crippen LogP contribution in [0, 0.1) is 0 Å². The number of halogens is 1. The summed E-state index contributed by atoms with van der Waals surface area (Å²) in [6, 6.07) is 1.80. The highest BCUT2D eigenvalue weighted by Gasteiger charge is 2.20. The van der Waals surface area contributed by atoms with E-state index < -0.39 is 0 Å². The van der Waals surface area contributed by atoms with Crippen LogP contribution in [0.25, 0.3) is 0 Å². The van der Waals surface area contributed by atoms with Gasteiger partial charge in [0.25, 0.3) is 0 Å². The van der Waals surface area contributed by atoms with E-state index in [4.69, 9.17) is 4.74 Å². The Morgan fingerprint density at radius 2 is 2.10 bits per heavy atom. The molecule has 0 aliphatic heterocycles. The summed E-state index contributed by atoms with van der Waals surface area (Å²) in [7, 11) is 3.43. The summed E-state index contributed by atoms with van der Waals surface area (Å²) in [5, 5.41) is 2.78. The van der Waals surface area contributed by atoms with E-state index >= 15 is 0 Å². The molecule has 6 nitrogen and oxygen atoms in total. The topological polar surface area (TPSA) is 67.3 Å². The molecule has 0 aliphatic carbocycles. The van der Waals surface area contributed by atoms with Crippen molar-refractivity contribution in [2.24, 2.45) is 0 Å². The number of likely N-dealkylation sites (N-methyl/N-ethyl adjacent to an activating group) is 1. The number of methoxy groups -OCH3 is 1. The van der Waals surface area contributed by atoms with Crippen LogP contribution in [0.15, 0.2) is 10.7 Å². The van der Waals surface area contributed by atoms with E-state index in [2.05, 4.69) is 52.0 Å². The van der Waals surface area contributed by atoms with Gasteiger partial charge >= 0.3 is 0 Å². The van der Waals surface area contributed by atoms with Gasteiger partial charge in [-0.25, -0.2) is 9.97 Å². The summed E-state index contributed by atoms with van der Waals surface area (Å²) in [5.41, 5.74) is -0.153. The maximum atomic E-state index is 11.8. The van der Waals surface area contributed by atoms with Gasteiger partial charge in [0.15, 0.2) is 0 Å². The van der Waals surface area contributed by atoms with Crippen molar-refractivity contribution in [3.63, 3.8) is 0 Å². The van der Waals surface area contributed by atoms with Crippen molar-refractivity contribution in [1.29, 1.82) is 0 Å². The van der Waals surface area contributed by atoms with Crippen LogP contribution >= 0.6 is 15.9 Å². The molecule has 0 radical (unpaired) electrons. The molecule has 1 aromatic heterocycles. The van der Waals surface area contributed by atoms with Crippen LogP contribution in [0.5, 0.6) is 0 Å². The first kappa shape index (κ1) is 17.8. The Labute approximate surface area is 134 Å². The molecular formula is C14H23BrN4O2. The lowest BCUT2D eigenvalue weighted by molar-refractivity contribution is -0.119. The molecule has 7 heteroatoms. The van der Waals surface area contributed by atoms with Gasteiger partial charge in [0.05, 0.1) is 13.2 Å². The Kier molecular flexibility index (Phi) is 6.54. The third kappa shape index (κ3) is 5.97. The molecule has 21 heavy (non-hydrogen) atoms. The monoisotopic (exact) mass is 358 g/mol. The van der Waals surface area contributed by atoms with E-state index in [1.54, 1.807) is 18.1 Å². The zero-order valence-electron chi connectivity index (χ0n) is 13.2. The average Bonchev–Trinajstić information content (AvgIpc) is 2.37. The number of carbonyl (C=O) groups is 1. The van der Waals surface area contributed by atoms with Gasteiger partial charge in [-0.3, -0.25) is 4.79 Å². The highest BCUT2D eigenvalue weighted by molar-refractivity contribution is 9.10. The first-order chi connectivity index (χ1) is 9.74. The number of nitrogens with zero attached hydrogens (tertiary/aromatic N) is 3. The second kappa shape index (κ2) is 7.70. The van der Waals surface area contributed by atoms with Gasteiger partial charge in [0.1, 0.15) is 16.2 Å². The van der Waals surface area contributed by atoms with Gasteiger partial charge in [0.2, 0.25) is 5.91 Å². The fourth-order valence-electron chi connectivity index (χ4n) is 1.58. The number of hydrogen-bond acceptors (Lipinski definition) is 5. The van der Waals surface area contributed by atoms with E-state index in [0.717, 1.165) is 5.82 Å². The summed E-state index contributed by atoms with van der Waals surface area (Å²) in [6.07, 6.45) is 0. The van der Waals surface area contributed by atoms with E-state index in [0.29, 0.717) is 23.6 Å². The van der Waals surface area contributed by atoms with E-state index in [-0.39, 0.29) is 17.9 Å². The molecule has 0 bridgehead atoms. The van der Waals surface area contributed by atoms with Crippen LogP contribution < -0.4 is 10.2 Å². The Morgan fingerprint density at radius 1 is 1.43 bits per heavy atom. The van der Waals surface area contributed by atoms with Crippen LogP contribution in [-0.4, -0.2) is 49.7 Å². The lowest BCUT2D eigenvalue weighted by Gasteiger charge is -2.22. The lowest BCUT2D eigenvalue weighted by Crippen LogP contribution is -2.37. The largest absolute Gasteiger partial charge is 0.383 e. The summed E-state index contributed by atoms with van der Waals surface area (Å²) in [6.45, 7) is 7.39. The number of anilines is 1. The Balaban J connectivity index is 2.76. The van der Waals surface area contributed by atoms with Crippen LogP contribution in [0.3, 0.4) is 0 Å². The summed E-state index contributed by atoms with van der Waals surface area (Å²) in [4.78, 5) is 22.5. The second-order valence-electron chi connectivity index (χ2n) is 5.82. The summed E-state index contributed by atoms with van der Waals surface area (Å²) >= 11 is 3.40. The second-order valence-corrected chi connectivity index (χ2v) is 6.63. The van der Waals surface area contributed by atoms with Crippen LogP contribution in [0.2, 0.25) is 0 Å². The van der Waals surface area contributed by atoms with Gasteiger partial charge in [-0.2, -0.15) is 0 Å². The van der Waals surface area contributed by atoms with Crippen molar-refractivity contribution < 1.29 is 9.53 Å². The minimum absolute atomic E-state index is 0.0680. The molecule has 0 saturated carbocycles. The van der Waals surface area contributed by atoms with Crippen LogP contribution in [-0.2, 0) is 14.9 Å². The van der Waals surface area contributed by atoms with E-state index in [9.17, 15) is 4.79 Å². The maximum Gasteiger partial charge on any atom is 0.239 e. The molecule has 0 unspecified atom stereocenters. The highest BCUT2D eigenvalue weighted by atomic mass is 79.9. The number of nitrogens with one attached hydrogen (secondary N) is 1. The van der Waals surface area contributed by atoms with Crippen molar-refractivity contribution in [2.45, 2.75) is 26.2 Å². The van der Waals surface area contributed by atoms with Crippen molar-refractivity contribution in [2.75, 3.05) is 38.8 Å². The number of carbonyl (C=O) groups excluding carboxylic acids is 1. The molecule has 1 N–H and O–H groups in total. The molecular weight excluding hydrogens is 336 g/mol. The fourth-order valence-corrected chi connectivity index (χ4v) is 1.95. The molecule has 0 saturated heterocycles. The number of aromatic nitrogens is 2. The molecule has 0 spiro atoms. The van der Waals surface area contributed by atoms with Gasteiger partial charge in [-0.1, -0.05) is 20.8 Å². The predicted molar refractivity (Wildman–Crippen MR) is 86.6 cm³/mol. The minimum Gasteiger partial charge on any atom is -0.383 e. The molecule has 0 aromatic carbocycles. The third-order valence-electron chi connectivity index (χ3n) is 2.75. The normalized spacial score (nSPS) is 11.3. The quantitative estimate of drug-likeness (QED) is 0.619. The smallest absolute Gasteiger partial charge is 0.239 e. The minimum atomic E-state index is -0.153. The van der Waals surface area contributed by atoms with Gasteiger partial charge < -0.3 is 15.0 Å². The summed E-state index contributed by atoms with van der Waals surface area (Å²) < 4.78 is 5.61. The molecule has 1 rings (SSSR count). The number of hydrogen-bond donors (Lipinski definition) is 1. The molecule has 0 aliphatic rings. The predicted octanol–water partition coefficient (Wildman–Crippen LogP) is 1.74. The van der Waals surface area contributed by atoms with Gasteiger partial charge in [-0.15, -0.1) is 0 Å². The maximum absolute atomic E-state index is 11.8. The zero-order valence-corrected chi connectivity index (χ0v) is 14.8. The standard InChI is InChI=1S/C14H23BrN4O2/c1-14(2,3)13-17-10(15)8-11(18-13)19(4)9-12(20)16-6-7-21-5/h8H,6-7,9H2,1-5H3,(H,16,20). The fraction of sp³-hybridized carbons (Fsp3) is 0.643. The van der Waals surface area contributed by atoms with Crippen molar-refractivity contribution in [3.8, 4) is 0 Å². The van der Waals surface area contributed by atoms with Crippen LogP contribution in [0.1, 0.15) is 26.6 Å². The molecule has 1 aromatic rings. The Hall–Kier alpha value is -1.21. The average molecular weight is 359 g/mol. The van der Waals surface area contributed by atoms with Crippen LogP contribution in [0.4, 0.5) is 5.82 Å². The van der Waals surface area contributed by atoms with Crippen molar-refractivity contribution in [3.05, 3.63) is 16.5 Å². The molecule has 0 atom stereocenters. The van der Waals surface area contributed by atoms with Crippen molar-refractivity contribution >= 4 is 27.7 Å². The highest BCUT2D eigenvalue weighted by Crippen LogP contribution is 2.23. The van der Waals surface area contributed by atoms with E-state index in [1.165, 1.54) is 0 Å². The van der Waals surface area contributed by atoms with Gasteiger partial charge in [0, 0.05) is 32.2 Å². The van der Waals surface area contributed by atoms with Crippen molar-refractivity contribution in [1.82, 2.24) is 15.3 Å². The lowest BCUT2D eigenvalue weighted by atomic mass is 9.96. The SMILES string of the molecule is COCCNC(=O)CN(C)c1cc(Br)nc(C(C)(C)C)n1. The number of amides is 1. The first-order valence-corrected chi connectivity index (χ1v) is 7.55. The Morgan fingerprint density at radius 3 is 2.67 bits per heavy atom. The van der Waals surface area contributed by atoms with Gasteiger partial charge in [-0.05, 0) is 15.9 Å². The number of rotatable bonds is 6. The molecule has 0 fully saturated rings. The Bertz CT molecular complexity index is 488. The molecule has 1 amide bonds. The third-order valence-corrected chi connectivity index (χ3v) is 3.16. The first-order valence-electron chi connectivity index (χ1n) is 6.76. The molecule has 1 heterocycles. The zero-order chi connectivity index (χ0) is 16.0. The molecule has 118 valence electrons. The number of ether oxygens (including phenoxy) is 1. The summed E-state index contributed by atoms with van der Waals surface area (Å²) in [5.74, 6) is 1.38.